The van der Waals surface area contributed by atoms with Gasteiger partial charge >= 0.3 is 0 Å². The van der Waals surface area contributed by atoms with Gasteiger partial charge in [-0.2, -0.15) is 15.0 Å². The first-order valence-electron chi connectivity index (χ1n) is 6.58. The van der Waals surface area contributed by atoms with Crippen LogP contribution in [0.15, 0.2) is 0 Å². The monoisotopic (exact) mass is 280 g/mol. The Morgan fingerprint density at radius 2 is 2.10 bits per heavy atom. The number of amides is 1. The highest BCUT2D eigenvalue weighted by atomic mass is 16.2. The molecule has 1 aliphatic rings. The zero-order chi connectivity index (χ0) is 14.5. The first-order chi connectivity index (χ1) is 9.60. The van der Waals surface area contributed by atoms with Crippen LogP contribution in [0, 0.1) is 0 Å². The molecule has 1 aromatic rings. The summed E-state index contributed by atoms with van der Waals surface area (Å²) in [5.74, 6) is 0.662. The van der Waals surface area contributed by atoms with E-state index < -0.39 is 0 Å². The number of hydrogen-bond donors (Lipinski definition) is 4. The van der Waals surface area contributed by atoms with E-state index in [1.165, 1.54) is 0 Å². The van der Waals surface area contributed by atoms with Crippen LogP contribution in [-0.4, -0.2) is 58.0 Å². The molecule has 6 N–H and O–H groups in total. The third-order valence-corrected chi connectivity index (χ3v) is 3.07. The summed E-state index contributed by atoms with van der Waals surface area (Å²) in [6.07, 6.45) is 0. The van der Waals surface area contributed by atoms with Crippen molar-refractivity contribution in [3.8, 4) is 0 Å². The lowest BCUT2D eigenvalue weighted by atomic mass is 10.1. The van der Waals surface area contributed by atoms with Gasteiger partial charge < -0.3 is 22.1 Å². The number of nitrogen functional groups attached to an aromatic ring is 2. The van der Waals surface area contributed by atoms with Gasteiger partial charge in [0.2, 0.25) is 17.8 Å². The van der Waals surface area contributed by atoms with Crippen molar-refractivity contribution in [1.29, 1.82) is 0 Å². The average molecular weight is 280 g/mol. The summed E-state index contributed by atoms with van der Waals surface area (Å²) in [6, 6.07) is -0.247. The molecule has 0 aromatic carbocycles. The van der Waals surface area contributed by atoms with Gasteiger partial charge in [0.1, 0.15) is 11.9 Å². The zero-order valence-corrected chi connectivity index (χ0v) is 11.5. The molecule has 2 heterocycles. The van der Waals surface area contributed by atoms with Crippen molar-refractivity contribution in [2.45, 2.75) is 19.5 Å². The van der Waals surface area contributed by atoms with Gasteiger partial charge in [0, 0.05) is 26.2 Å². The van der Waals surface area contributed by atoms with Crippen molar-refractivity contribution in [3.05, 3.63) is 5.82 Å². The Morgan fingerprint density at radius 3 is 2.75 bits per heavy atom. The molecule has 0 saturated carbocycles. The molecular weight excluding hydrogens is 260 g/mol. The highest BCUT2D eigenvalue weighted by Crippen LogP contribution is 2.09. The molecule has 110 valence electrons. The number of hydrogen-bond acceptors (Lipinski definition) is 8. The Morgan fingerprint density at radius 1 is 1.40 bits per heavy atom. The van der Waals surface area contributed by atoms with Crippen LogP contribution >= 0.6 is 0 Å². The number of rotatable bonds is 4. The van der Waals surface area contributed by atoms with Gasteiger partial charge in [-0.3, -0.25) is 9.69 Å². The van der Waals surface area contributed by atoms with Crippen molar-refractivity contribution < 1.29 is 4.79 Å². The largest absolute Gasteiger partial charge is 0.368 e. The molecular formula is C11H20N8O. The maximum atomic E-state index is 12.0. The molecule has 0 spiro atoms. The number of likely N-dealkylation sites (N-methyl/N-ethyl adjacent to an activating group) is 1. The molecule has 20 heavy (non-hydrogen) atoms. The van der Waals surface area contributed by atoms with E-state index in [-0.39, 0.29) is 23.8 Å². The number of aromatic nitrogens is 3. The predicted octanol–water partition coefficient (Wildman–Crippen LogP) is -2.05. The predicted molar refractivity (Wildman–Crippen MR) is 74.4 cm³/mol. The van der Waals surface area contributed by atoms with Gasteiger partial charge in [-0.25, -0.2) is 0 Å². The quantitative estimate of drug-likeness (QED) is 0.495. The lowest BCUT2D eigenvalue weighted by molar-refractivity contribution is -0.127. The lowest BCUT2D eigenvalue weighted by Gasteiger charge is -2.34. The summed E-state index contributed by atoms with van der Waals surface area (Å²) in [5.41, 5.74) is 11.1. The van der Waals surface area contributed by atoms with Crippen molar-refractivity contribution >= 4 is 17.8 Å². The molecule has 0 aliphatic carbocycles. The Hall–Kier alpha value is -2.00. The van der Waals surface area contributed by atoms with Crippen molar-refractivity contribution in [2.24, 2.45) is 0 Å². The molecule has 1 amide bonds. The molecule has 2 rings (SSSR count). The topological polar surface area (TPSA) is 135 Å². The molecule has 1 aliphatic heterocycles. The number of nitrogens with one attached hydrogen (secondary N) is 2. The van der Waals surface area contributed by atoms with Crippen LogP contribution in [-0.2, 0) is 11.3 Å². The van der Waals surface area contributed by atoms with E-state index in [2.05, 4.69) is 25.6 Å². The van der Waals surface area contributed by atoms with Gasteiger partial charge in [-0.05, 0) is 6.92 Å². The summed E-state index contributed by atoms with van der Waals surface area (Å²) < 4.78 is 0. The highest BCUT2D eigenvalue weighted by Gasteiger charge is 2.28. The molecule has 0 radical (unpaired) electrons. The number of carbonyl (C=O) groups excluding carboxylic acids is 1. The van der Waals surface area contributed by atoms with Gasteiger partial charge in [-0.15, -0.1) is 0 Å². The minimum absolute atomic E-state index is 0.00491. The normalized spacial score (nSPS) is 19.8. The van der Waals surface area contributed by atoms with Crippen LogP contribution in [0.4, 0.5) is 11.9 Å². The maximum Gasteiger partial charge on any atom is 0.238 e. The van der Waals surface area contributed by atoms with E-state index in [9.17, 15) is 4.79 Å². The standard InChI is InChI=1S/C11H20N8O/c1-2-15-9(20)7-5-14-3-4-19(7)6-8-16-10(12)18-11(13)17-8/h7,14H,2-6H2,1H3,(H,15,20)(H4,12,13,16,17,18). The Bertz CT molecular complexity index is 459. The summed E-state index contributed by atoms with van der Waals surface area (Å²) in [4.78, 5) is 25.9. The van der Waals surface area contributed by atoms with Crippen LogP contribution in [0.1, 0.15) is 12.7 Å². The Kier molecular flexibility index (Phi) is 4.64. The van der Waals surface area contributed by atoms with Gasteiger partial charge in [0.05, 0.1) is 6.54 Å². The number of carbonyl (C=O) groups is 1. The molecule has 9 nitrogen and oxygen atoms in total. The second kappa shape index (κ2) is 6.44. The Balaban J connectivity index is 2.10. The van der Waals surface area contributed by atoms with Crippen LogP contribution < -0.4 is 22.1 Å². The van der Waals surface area contributed by atoms with E-state index in [1.54, 1.807) is 0 Å². The molecule has 9 heteroatoms. The fraction of sp³-hybridized carbons (Fsp3) is 0.636. The third-order valence-electron chi connectivity index (χ3n) is 3.07. The van der Waals surface area contributed by atoms with Gasteiger partial charge in [-0.1, -0.05) is 0 Å². The molecule has 1 atom stereocenters. The van der Waals surface area contributed by atoms with E-state index >= 15 is 0 Å². The first-order valence-corrected chi connectivity index (χ1v) is 6.58. The van der Waals surface area contributed by atoms with E-state index in [0.29, 0.717) is 25.5 Å². The van der Waals surface area contributed by atoms with Crippen LogP contribution in [0.3, 0.4) is 0 Å². The Labute approximate surface area is 117 Å². The number of nitrogens with two attached hydrogens (primary N) is 2. The molecule has 0 bridgehead atoms. The summed E-state index contributed by atoms with van der Waals surface area (Å²) in [5, 5.41) is 6.04. The van der Waals surface area contributed by atoms with Crippen molar-refractivity contribution in [2.75, 3.05) is 37.6 Å². The molecule has 1 unspecified atom stereocenters. The third kappa shape index (κ3) is 3.52. The minimum Gasteiger partial charge on any atom is -0.368 e. The number of nitrogens with zero attached hydrogens (tertiary/aromatic N) is 4. The minimum atomic E-state index is -0.247. The maximum absolute atomic E-state index is 12.0. The summed E-state index contributed by atoms with van der Waals surface area (Å²) in [7, 11) is 0. The molecule has 1 aromatic heterocycles. The van der Waals surface area contributed by atoms with E-state index in [1.807, 2.05) is 11.8 Å². The fourth-order valence-electron chi connectivity index (χ4n) is 2.20. The highest BCUT2D eigenvalue weighted by molar-refractivity contribution is 5.82. The second-order valence-electron chi connectivity index (χ2n) is 4.55. The SMILES string of the molecule is CCNC(=O)C1CNCCN1Cc1nc(N)nc(N)n1. The molecule has 1 fully saturated rings. The summed E-state index contributed by atoms with van der Waals surface area (Å²) >= 11 is 0. The first kappa shape index (κ1) is 14.4. The second-order valence-corrected chi connectivity index (χ2v) is 4.55. The van der Waals surface area contributed by atoms with E-state index in [4.69, 9.17) is 11.5 Å². The fourth-order valence-corrected chi connectivity index (χ4v) is 2.20. The van der Waals surface area contributed by atoms with E-state index in [0.717, 1.165) is 13.1 Å². The van der Waals surface area contributed by atoms with Crippen LogP contribution in [0.5, 0.6) is 0 Å². The van der Waals surface area contributed by atoms with Crippen LogP contribution in [0.25, 0.3) is 0 Å². The van der Waals surface area contributed by atoms with Gasteiger partial charge in [0.15, 0.2) is 0 Å². The van der Waals surface area contributed by atoms with Gasteiger partial charge in [0.25, 0.3) is 0 Å². The number of piperazine rings is 1. The smallest absolute Gasteiger partial charge is 0.238 e. The summed E-state index contributed by atoms with van der Waals surface area (Å²) in [6.45, 7) is 5.06. The average Bonchev–Trinajstić information content (AvgIpc) is 2.38. The zero-order valence-electron chi connectivity index (χ0n) is 11.5. The van der Waals surface area contributed by atoms with Crippen molar-refractivity contribution in [3.63, 3.8) is 0 Å². The van der Waals surface area contributed by atoms with Crippen LogP contribution in [0.2, 0.25) is 0 Å². The van der Waals surface area contributed by atoms with Crippen molar-refractivity contribution in [1.82, 2.24) is 30.5 Å². The lowest BCUT2D eigenvalue weighted by Crippen LogP contribution is -2.57. The number of anilines is 2. The molecule has 1 saturated heterocycles.